The van der Waals surface area contributed by atoms with Crippen LogP contribution in [0.2, 0.25) is 0 Å². The Morgan fingerprint density at radius 3 is 2.82 bits per heavy atom. The number of rotatable bonds is 3. The Bertz CT molecular complexity index is 583. The molecule has 0 atom stereocenters. The van der Waals surface area contributed by atoms with Crippen LogP contribution in [0, 0.1) is 5.82 Å². The molecule has 3 nitrogen and oxygen atoms in total. The van der Waals surface area contributed by atoms with E-state index in [1.165, 1.54) is 12.1 Å². The number of aromatic nitrogens is 2. The largest absolute Gasteiger partial charge is 0.310 e. The van der Waals surface area contributed by atoms with E-state index in [-0.39, 0.29) is 23.7 Å². The normalized spacial score (nSPS) is 10.5. The molecule has 5 heteroatoms. The molecule has 0 aliphatic carbocycles. The van der Waals surface area contributed by atoms with E-state index in [1.807, 2.05) is 0 Å². The Labute approximate surface area is 102 Å². The first-order valence-electron chi connectivity index (χ1n) is 5.07. The lowest BCUT2D eigenvalue weighted by Crippen LogP contribution is -2.12. The van der Waals surface area contributed by atoms with Crippen LogP contribution in [0.3, 0.4) is 0 Å². The molecule has 1 aromatic carbocycles. The van der Waals surface area contributed by atoms with Gasteiger partial charge in [0.05, 0.1) is 11.6 Å². The van der Waals surface area contributed by atoms with Gasteiger partial charge < -0.3 is 4.98 Å². The van der Waals surface area contributed by atoms with Gasteiger partial charge in [0.1, 0.15) is 11.6 Å². The van der Waals surface area contributed by atoms with Gasteiger partial charge in [-0.25, -0.2) is 9.37 Å². The van der Waals surface area contributed by atoms with Gasteiger partial charge in [-0.1, -0.05) is 18.2 Å². The number of alkyl halides is 1. The summed E-state index contributed by atoms with van der Waals surface area (Å²) in [4.78, 5) is 18.0. The van der Waals surface area contributed by atoms with Crippen molar-refractivity contribution in [1.82, 2.24) is 9.97 Å². The summed E-state index contributed by atoms with van der Waals surface area (Å²) >= 11 is 5.62. The van der Waals surface area contributed by atoms with Gasteiger partial charge in [0.2, 0.25) is 0 Å². The predicted octanol–water partition coefficient (Wildman–Crippen LogP) is 2.24. The molecule has 0 unspecified atom stereocenters. The molecule has 17 heavy (non-hydrogen) atoms. The molecule has 0 amide bonds. The summed E-state index contributed by atoms with van der Waals surface area (Å²) in [5.41, 5.74) is 0.700. The van der Waals surface area contributed by atoms with Crippen LogP contribution >= 0.6 is 11.6 Å². The number of hydrogen-bond acceptors (Lipinski definition) is 2. The maximum atomic E-state index is 13.4. The molecule has 2 rings (SSSR count). The van der Waals surface area contributed by atoms with Crippen LogP contribution in [0.1, 0.15) is 17.1 Å². The molecule has 0 bridgehead atoms. The van der Waals surface area contributed by atoms with E-state index in [1.54, 1.807) is 18.2 Å². The van der Waals surface area contributed by atoms with Gasteiger partial charge in [-0.2, -0.15) is 0 Å². The van der Waals surface area contributed by atoms with Gasteiger partial charge >= 0.3 is 0 Å². The second-order valence-corrected chi connectivity index (χ2v) is 3.85. The molecule has 0 aliphatic rings. The molecule has 2 aromatic rings. The minimum Gasteiger partial charge on any atom is -0.310 e. The van der Waals surface area contributed by atoms with Crippen molar-refractivity contribution in [1.29, 1.82) is 0 Å². The van der Waals surface area contributed by atoms with Crippen LogP contribution in [0.25, 0.3) is 0 Å². The fourth-order valence-corrected chi connectivity index (χ4v) is 1.67. The van der Waals surface area contributed by atoms with Crippen LogP contribution in [-0.2, 0) is 12.3 Å². The first kappa shape index (κ1) is 11.8. The Hall–Kier alpha value is -1.68. The molecule has 0 saturated heterocycles. The highest BCUT2D eigenvalue weighted by atomic mass is 35.5. The second-order valence-electron chi connectivity index (χ2n) is 3.59. The van der Waals surface area contributed by atoms with E-state index in [2.05, 4.69) is 9.97 Å². The monoisotopic (exact) mass is 252 g/mol. The van der Waals surface area contributed by atoms with Gasteiger partial charge in [0.25, 0.3) is 5.56 Å². The standard InChI is InChI=1S/C12H10ClFN2O/c13-7-9-6-12(17)16-11(15-9)5-8-3-1-2-4-10(8)14/h1-4,6H,5,7H2,(H,15,16,17). The van der Waals surface area contributed by atoms with Gasteiger partial charge in [0, 0.05) is 12.5 Å². The Morgan fingerprint density at radius 1 is 1.35 bits per heavy atom. The van der Waals surface area contributed by atoms with E-state index >= 15 is 0 Å². The minimum atomic E-state index is -0.313. The van der Waals surface area contributed by atoms with E-state index in [4.69, 9.17) is 11.6 Å². The Kier molecular flexibility index (Phi) is 3.54. The summed E-state index contributed by atoms with van der Waals surface area (Å²) < 4.78 is 13.4. The van der Waals surface area contributed by atoms with Crippen molar-refractivity contribution in [3.8, 4) is 0 Å². The van der Waals surface area contributed by atoms with Crippen molar-refractivity contribution >= 4 is 11.6 Å². The molecule has 0 spiro atoms. The smallest absolute Gasteiger partial charge is 0.251 e. The summed E-state index contributed by atoms with van der Waals surface area (Å²) in [6.45, 7) is 0. The molecule has 0 fully saturated rings. The molecule has 0 radical (unpaired) electrons. The Balaban J connectivity index is 2.33. The van der Waals surface area contributed by atoms with Crippen molar-refractivity contribution in [3.63, 3.8) is 0 Å². The average Bonchev–Trinajstić information content (AvgIpc) is 2.31. The maximum absolute atomic E-state index is 13.4. The topological polar surface area (TPSA) is 45.8 Å². The van der Waals surface area contributed by atoms with Crippen LogP contribution < -0.4 is 5.56 Å². The lowest BCUT2D eigenvalue weighted by atomic mass is 10.1. The highest BCUT2D eigenvalue weighted by Gasteiger charge is 2.05. The van der Waals surface area contributed by atoms with Gasteiger partial charge in [0.15, 0.2) is 0 Å². The summed E-state index contributed by atoms with van der Waals surface area (Å²) in [5, 5.41) is 0. The second kappa shape index (κ2) is 5.10. The number of halogens is 2. The molecule has 1 N–H and O–H groups in total. The predicted molar refractivity (Wildman–Crippen MR) is 63.6 cm³/mol. The fourth-order valence-electron chi connectivity index (χ4n) is 1.54. The summed E-state index contributed by atoms with van der Waals surface area (Å²) in [6.07, 6.45) is 0.243. The first-order chi connectivity index (χ1) is 8.19. The number of H-pyrrole nitrogens is 1. The first-order valence-corrected chi connectivity index (χ1v) is 5.61. The van der Waals surface area contributed by atoms with E-state index < -0.39 is 0 Å². The highest BCUT2D eigenvalue weighted by molar-refractivity contribution is 6.16. The third-order valence-electron chi connectivity index (χ3n) is 2.30. The summed E-state index contributed by atoms with van der Waals surface area (Å²) in [6, 6.07) is 7.71. The van der Waals surface area contributed by atoms with Crippen LogP contribution in [0.5, 0.6) is 0 Å². The summed E-state index contributed by atoms with van der Waals surface area (Å²) in [5.74, 6) is 0.262. The van der Waals surface area contributed by atoms with Crippen LogP contribution in [-0.4, -0.2) is 9.97 Å². The van der Waals surface area contributed by atoms with Crippen LogP contribution in [0.15, 0.2) is 35.1 Å². The SMILES string of the molecule is O=c1cc(CCl)nc(Cc2ccccc2F)[nH]1. The highest BCUT2D eigenvalue weighted by Crippen LogP contribution is 2.10. The average molecular weight is 253 g/mol. The van der Waals surface area contributed by atoms with E-state index in [0.29, 0.717) is 17.1 Å². The number of aromatic amines is 1. The number of nitrogens with zero attached hydrogens (tertiary/aromatic N) is 1. The van der Waals surface area contributed by atoms with Crippen molar-refractivity contribution in [2.24, 2.45) is 0 Å². The zero-order valence-electron chi connectivity index (χ0n) is 8.91. The number of nitrogens with one attached hydrogen (secondary N) is 1. The van der Waals surface area contributed by atoms with Crippen molar-refractivity contribution in [2.45, 2.75) is 12.3 Å². The molecule has 1 heterocycles. The molecule has 1 aromatic heterocycles. The third-order valence-corrected chi connectivity index (χ3v) is 2.57. The number of benzene rings is 1. The van der Waals surface area contributed by atoms with Crippen molar-refractivity contribution < 1.29 is 4.39 Å². The van der Waals surface area contributed by atoms with E-state index in [9.17, 15) is 9.18 Å². The van der Waals surface area contributed by atoms with Gasteiger partial charge in [-0.05, 0) is 11.6 Å². The maximum Gasteiger partial charge on any atom is 0.251 e. The zero-order valence-corrected chi connectivity index (χ0v) is 9.67. The lowest BCUT2D eigenvalue weighted by molar-refractivity contribution is 0.611. The van der Waals surface area contributed by atoms with E-state index in [0.717, 1.165) is 0 Å². The van der Waals surface area contributed by atoms with Crippen molar-refractivity contribution in [2.75, 3.05) is 0 Å². The van der Waals surface area contributed by atoms with Gasteiger partial charge in [-0.3, -0.25) is 4.79 Å². The number of hydrogen-bond donors (Lipinski definition) is 1. The minimum absolute atomic E-state index is 0.161. The molecular formula is C12H10ClFN2O. The molecular weight excluding hydrogens is 243 g/mol. The lowest BCUT2D eigenvalue weighted by Gasteiger charge is -2.03. The molecule has 88 valence electrons. The Morgan fingerprint density at radius 2 is 2.12 bits per heavy atom. The molecule has 0 saturated carbocycles. The van der Waals surface area contributed by atoms with Crippen molar-refractivity contribution in [3.05, 3.63) is 63.6 Å². The quantitative estimate of drug-likeness (QED) is 0.852. The zero-order chi connectivity index (χ0) is 12.3. The fraction of sp³-hybridized carbons (Fsp3) is 0.167. The van der Waals surface area contributed by atoms with Crippen LogP contribution in [0.4, 0.5) is 4.39 Å². The molecule has 0 aliphatic heterocycles. The third kappa shape index (κ3) is 2.91. The van der Waals surface area contributed by atoms with Gasteiger partial charge in [-0.15, -0.1) is 11.6 Å². The summed E-state index contributed by atoms with van der Waals surface area (Å²) in [7, 11) is 0.